The van der Waals surface area contributed by atoms with Crippen molar-refractivity contribution in [2.24, 2.45) is 0 Å². The van der Waals surface area contributed by atoms with Crippen molar-refractivity contribution in [3.05, 3.63) is 42.1 Å². The highest BCUT2D eigenvalue weighted by molar-refractivity contribution is 5.58. The van der Waals surface area contributed by atoms with E-state index in [1.807, 2.05) is 37.3 Å². The van der Waals surface area contributed by atoms with Crippen molar-refractivity contribution < 1.29 is 0 Å². The minimum atomic E-state index is 0.736. The van der Waals surface area contributed by atoms with Gasteiger partial charge in [-0.15, -0.1) is 5.10 Å². The highest BCUT2D eigenvalue weighted by atomic mass is 15.2. The molecule has 4 nitrogen and oxygen atoms in total. The van der Waals surface area contributed by atoms with E-state index in [0.29, 0.717) is 0 Å². The first-order chi connectivity index (χ1) is 7.24. The van der Waals surface area contributed by atoms with Gasteiger partial charge in [0.05, 0.1) is 6.20 Å². The third-order valence-corrected chi connectivity index (χ3v) is 1.97. The topological polar surface area (TPSA) is 63.8 Å². The van der Waals surface area contributed by atoms with Crippen molar-refractivity contribution in [2.45, 2.75) is 6.92 Å². The summed E-state index contributed by atoms with van der Waals surface area (Å²) in [5.41, 5.74) is 8.36. The average Bonchev–Trinajstić information content (AvgIpc) is 2.22. The number of hydrogen-bond acceptors (Lipinski definition) is 4. The number of nitrogen functional groups attached to an aromatic ring is 1. The fourth-order valence-electron chi connectivity index (χ4n) is 1.24. The molecule has 0 fully saturated rings. The molecule has 1 heterocycles. The summed E-state index contributed by atoms with van der Waals surface area (Å²) in [6.45, 7) is 1.98. The molecule has 1 aromatic carbocycles. The predicted octanol–water partition coefficient (Wildman–Crippen LogP) is 2.11. The Kier molecular flexibility index (Phi) is 2.49. The van der Waals surface area contributed by atoms with Crippen LogP contribution in [0.3, 0.4) is 0 Å². The number of nitrogens with one attached hydrogen (secondary N) is 1. The van der Waals surface area contributed by atoms with Gasteiger partial charge < -0.3 is 11.1 Å². The zero-order valence-corrected chi connectivity index (χ0v) is 8.44. The molecule has 76 valence electrons. The van der Waals surface area contributed by atoms with E-state index in [9.17, 15) is 0 Å². The van der Waals surface area contributed by atoms with Crippen LogP contribution in [0.15, 0.2) is 36.5 Å². The summed E-state index contributed by atoms with van der Waals surface area (Å²) in [5.74, 6) is 0.736. The maximum atomic E-state index is 5.59. The Labute approximate surface area is 88.2 Å². The summed E-state index contributed by atoms with van der Waals surface area (Å²) in [7, 11) is 0. The van der Waals surface area contributed by atoms with Crippen LogP contribution in [0.25, 0.3) is 0 Å². The van der Waals surface area contributed by atoms with E-state index in [4.69, 9.17) is 5.73 Å². The van der Waals surface area contributed by atoms with Gasteiger partial charge in [0.2, 0.25) is 0 Å². The maximum absolute atomic E-state index is 5.59. The first-order valence-electron chi connectivity index (χ1n) is 4.66. The van der Waals surface area contributed by atoms with Crippen LogP contribution in [-0.2, 0) is 0 Å². The van der Waals surface area contributed by atoms with Gasteiger partial charge in [0, 0.05) is 11.4 Å². The van der Waals surface area contributed by atoms with E-state index >= 15 is 0 Å². The van der Waals surface area contributed by atoms with Crippen LogP contribution in [0.1, 0.15) is 5.56 Å². The number of aryl methyl sites for hydroxylation is 1. The normalized spacial score (nSPS) is 9.93. The Morgan fingerprint density at radius 2 is 1.93 bits per heavy atom. The summed E-state index contributed by atoms with van der Waals surface area (Å²) in [5, 5.41) is 11.0. The van der Waals surface area contributed by atoms with Gasteiger partial charge in [-0.2, -0.15) is 5.10 Å². The smallest absolute Gasteiger partial charge is 0.153 e. The van der Waals surface area contributed by atoms with E-state index in [2.05, 4.69) is 15.5 Å². The van der Waals surface area contributed by atoms with Crippen LogP contribution in [0, 0.1) is 6.92 Å². The fraction of sp³-hybridized carbons (Fsp3) is 0.0909. The first-order valence-corrected chi connectivity index (χ1v) is 4.66. The minimum Gasteiger partial charge on any atom is -0.399 e. The number of rotatable bonds is 2. The Morgan fingerprint density at radius 3 is 2.60 bits per heavy atom. The van der Waals surface area contributed by atoms with Gasteiger partial charge in [0.1, 0.15) is 0 Å². The van der Waals surface area contributed by atoms with Gasteiger partial charge in [-0.3, -0.25) is 0 Å². The SMILES string of the molecule is Cc1cnnc(Nc2ccc(N)cc2)c1. The van der Waals surface area contributed by atoms with Gasteiger partial charge in [0.15, 0.2) is 5.82 Å². The van der Waals surface area contributed by atoms with Gasteiger partial charge in [-0.1, -0.05) is 0 Å². The number of anilines is 3. The molecule has 2 aromatic rings. The van der Waals surface area contributed by atoms with Gasteiger partial charge in [-0.25, -0.2) is 0 Å². The summed E-state index contributed by atoms with van der Waals surface area (Å²) in [4.78, 5) is 0. The van der Waals surface area contributed by atoms with E-state index in [1.165, 1.54) is 0 Å². The number of hydrogen-bond donors (Lipinski definition) is 2. The average molecular weight is 200 g/mol. The third-order valence-electron chi connectivity index (χ3n) is 1.97. The molecule has 4 heteroatoms. The Bertz CT molecular complexity index is 450. The molecule has 2 rings (SSSR count). The fourth-order valence-corrected chi connectivity index (χ4v) is 1.24. The molecular weight excluding hydrogens is 188 g/mol. The van der Waals surface area contributed by atoms with Crippen LogP contribution in [0.2, 0.25) is 0 Å². The highest BCUT2D eigenvalue weighted by Crippen LogP contribution is 2.15. The van der Waals surface area contributed by atoms with Crippen molar-refractivity contribution >= 4 is 17.2 Å². The van der Waals surface area contributed by atoms with Crippen molar-refractivity contribution in [3.8, 4) is 0 Å². The van der Waals surface area contributed by atoms with Crippen LogP contribution >= 0.6 is 0 Å². The molecule has 0 amide bonds. The summed E-state index contributed by atoms with van der Waals surface area (Å²) < 4.78 is 0. The largest absolute Gasteiger partial charge is 0.399 e. The third kappa shape index (κ3) is 2.43. The molecule has 1 aromatic heterocycles. The molecule has 15 heavy (non-hydrogen) atoms. The Balaban J connectivity index is 2.18. The van der Waals surface area contributed by atoms with E-state index < -0.39 is 0 Å². The monoisotopic (exact) mass is 200 g/mol. The molecule has 0 saturated heterocycles. The molecule has 0 aliphatic heterocycles. The molecule has 0 saturated carbocycles. The van der Waals surface area contributed by atoms with Gasteiger partial charge in [-0.05, 0) is 42.8 Å². The lowest BCUT2D eigenvalue weighted by Gasteiger charge is -2.05. The van der Waals surface area contributed by atoms with Crippen molar-refractivity contribution in [3.63, 3.8) is 0 Å². The van der Waals surface area contributed by atoms with E-state index in [1.54, 1.807) is 6.20 Å². The summed E-state index contributed by atoms with van der Waals surface area (Å²) >= 11 is 0. The van der Waals surface area contributed by atoms with Crippen molar-refractivity contribution in [1.29, 1.82) is 0 Å². The van der Waals surface area contributed by atoms with Crippen LogP contribution in [-0.4, -0.2) is 10.2 Å². The molecule has 0 radical (unpaired) electrons. The van der Waals surface area contributed by atoms with Crippen molar-refractivity contribution in [2.75, 3.05) is 11.1 Å². The van der Waals surface area contributed by atoms with E-state index in [0.717, 1.165) is 22.8 Å². The zero-order chi connectivity index (χ0) is 10.7. The number of nitrogens with two attached hydrogens (primary N) is 1. The molecular formula is C11H12N4. The predicted molar refractivity (Wildman–Crippen MR) is 60.9 cm³/mol. The summed E-state index contributed by atoms with van der Waals surface area (Å²) in [6, 6.07) is 9.42. The highest BCUT2D eigenvalue weighted by Gasteiger charge is 1.96. The standard InChI is InChI=1S/C11H12N4/c1-8-6-11(15-13-7-8)14-10-4-2-9(12)3-5-10/h2-7H,12H2,1H3,(H,14,15). The molecule has 3 N–H and O–H groups in total. The Hall–Kier alpha value is -2.10. The van der Waals surface area contributed by atoms with Gasteiger partial charge >= 0.3 is 0 Å². The molecule has 0 aliphatic carbocycles. The quantitative estimate of drug-likeness (QED) is 0.729. The molecule has 0 spiro atoms. The van der Waals surface area contributed by atoms with Crippen molar-refractivity contribution in [1.82, 2.24) is 10.2 Å². The number of benzene rings is 1. The second kappa shape index (κ2) is 3.96. The molecule has 0 atom stereocenters. The second-order valence-corrected chi connectivity index (χ2v) is 3.37. The molecule has 0 bridgehead atoms. The van der Waals surface area contributed by atoms with Crippen LogP contribution in [0.4, 0.5) is 17.2 Å². The lowest BCUT2D eigenvalue weighted by Crippen LogP contribution is -1.96. The number of nitrogens with zero attached hydrogens (tertiary/aromatic N) is 2. The lowest BCUT2D eigenvalue weighted by atomic mass is 10.3. The number of aromatic nitrogens is 2. The molecule has 0 unspecified atom stereocenters. The van der Waals surface area contributed by atoms with E-state index in [-0.39, 0.29) is 0 Å². The van der Waals surface area contributed by atoms with Crippen LogP contribution in [0.5, 0.6) is 0 Å². The molecule has 0 aliphatic rings. The lowest BCUT2D eigenvalue weighted by molar-refractivity contribution is 1.02. The summed E-state index contributed by atoms with van der Waals surface area (Å²) in [6.07, 6.45) is 1.72. The zero-order valence-electron chi connectivity index (χ0n) is 8.44. The van der Waals surface area contributed by atoms with Crippen LogP contribution < -0.4 is 11.1 Å². The second-order valence-electron chi connectivity index (χ2n) is 3.37. The van der Waals surface area contributed by atoms with Gasteiger partial charge in [0.25, 0.3) is 0 Å². The maximum Gasteiger partial charge on any atom is 0.153 e. The Morgan fingerprint density at radius 1 is 1.20 bits per heavy atom. The minimum absolute atomic E-state index is 0.736. The first kappa shape index (κ1) is 9.45.